The molecule has 0 aliphatic carbocycles. The molecule has 0 fully saturated rings. The van der Waals surface area contributed by atoms with Gasteiger partial charge in [-0.1, -0.05) is 0 Å². The molecule has 2 aromatic rings. The summed E-state index contributed by atoms with van der Waals surface area (Å²) in [4.78, 5) is 12.1. The van der Waals surface area contributed by atoms with Gasteiger partial charge in [0.15, 0.2) is 11.5 Å². The summed E-state index contributed by atoms with van der Waals surface area (Å²) in [7, 11) is 0. The lowest BCUT2D eigenvalue weighted by molar-refractivity contribution is 0.102. The standard InChI is InChI=1S/C15H10BrF2NO3/c16-10-6-13-14(22-4-3-21-13)7-12(10)19-15(20)9-2-1-8(17)5-11(9)18/h1-2,5-7H,3-4H2,(H,19,20). The lowest BCUT2D eigenvalue weighted by Crippen LogP contribution is -2.17. The molecule has 0 aromatic heterocycles. The molecule has 4 nitrogen and oxygen atoms in total. The second-order valence-corrected chi connectivity index (χ2v) is 5.41. The maximum Gasteiger partial charge on any atom is 0.258 e. The van der Waals surface area contributed by atoms with Gasteiger partial charge in [-0.3, -0.25) is 4.79 Å². The summed E-state index contributed by atoms with van der Waals surface area (Å²) < 4.78 is 37.9. The first-order valence-corrected chi connectivity index (χ1v) is 7.19. The first-order chi connectivity index (χ1) is 10.5. The summed E-state index contributed by atoms with van der Waals surface area (Å²) >= 11 is 3.30. The fourth-order valence-electron chi connectivity index (χ4n) is 2.02. The highest BCUT2D eigenvalue weighted by Gasteiger charge is 2.18. The number of ether oxygens (including phenoxy) is 2. The van der Waals surface area contributed by atoms with Crippen molar-refractivity contribution in [1.82, 2.24) is 0 Å². The number of anilines is 1. The lowest BCUT2D eigenvalue weighted by atomic mass is 10.2. The molecule has 2 aromatic carbocycles. The van der Waals surface area contributed by atoms with E-state index in [1.165, 1.54) is 0 Å². The van der Waals surface area contributed by atoms with E-state index in [9.17, 15) is 13.6 Å². The Labute approximate surface area is 133 Å². The van der Waals surface area contributed by atoms with Crippen molar-refractivity contribution in [2.45, 2.75) is 0 Å². The molecule has 0 saturated carbocycles. The van der Waals surface area contributed by atoms with Crippen molar-refractivity contribution in [2.75, 3.05) is 18.5 Å². The van der Waals surface area contributed by atoms with Crippen LogP contribution in [0.4, 0.5) is 14.5 Å². The van der Waals surface area contributed by atoms with Gasteiger partial charge in [0.2, 0.25) is 0 Å². The third-order valence-electron chi connectivity index (χ3n) is 3.06. The van der Waals surface area contributed by atoms with Crippen molar-refractivity contribution in [3.05, 3.63) is 52.0 Å². The van der Waals surface area contributed by atoms with Gasteiger partial charge in [-0.2, -0.15) is 0 Å². The highest BCUT2D eigenvalue weighted by atomic mass is 79.9. The third-order valence-corrected chi connectivity index (χ3v) is 3.71. The van der Waals surface area contributed by atoms with E-state index in [0.29, 0.717) is 40.9 Å². The average Bonchev–Trinajstić information content (AvgIpc) is 2.47. The molecule has 0 spiro atoms. The van der Waals surface area contributed by atoms with Crippen LogP contribution >= 0.6 is 15.9 Å². The zero-order valence-corrected chi connectivity index (χ0v) is 12.7. The fraction of sp³-hybridized carbons (Fsp3) is 0.133. The van der Waals surface area contributed by atoms with E-state index in [0.717, 1.165) is 12.1 Å². The monoisotopic (exact) mass is 369 g/mol. The van der Waals surface area contributed by atoms with Crippen LogP contribution in [-0.4, -0.2) is 19.1 Å². The summed E-state index contributed by atoms with van der Waals surface area (Å²) in [5, 5.41) is 2.55. The number of amides is 1. The second-order valence-electron chi connectivity index (χ2n) is 4.55. The van der Waals surface area contributed by atoms with Crippen molar-refractivity contribution in [3.63, 3.8) is 0 Å². The smallest absolute Gasteiger partial charge is 0.258 e. The van der Waals surface area contributed by atoms with Gasteiger partial charge in [-0.15, -0.1) is 0 Å². The van der Waals surface area contributed by atoms with Crippen molar-refractivity contribution in [1.29, 1.82) is 0 Å². The molecule has 22 heavy (non-hydrogen) atoms. The Morgan fingerprint density at radius 1 is 1.09 bits per heavy atom. The van der Waals surface area contributed by atoms with Crippen LogP contribution in [0.15, 0.2) is 34.8 Å². The Morgan fingerprint density at radius 3 is 2.45 bits per heavy atom. The van der Waals surface area contributed by atoms with Crippen LogP contribution in [0.5, 0.6) is 11.5 Å². The maximum atomic E-state index is 13.6. The first-order valence-electron chi connectivity index (χ1n) is 6.40. The van der Waals surface area contributed by atoms with Gasteiger partial charge < -0.3 is 14.8 Å². The summed E-state index contributed by atoms with van der Waals surface area (Å²) in [6.07, 6.45) is 0. The molecule has 7 heteroatoms. The minimum atomic E-state index is -0.925. The predicted octanol–water partition coefficient (Wildman–Crippen LogP) is 3.75. The largest absolute Gasteiger partial charge is 0.486 e. The zero-order chi connectivity index (χ0) is 15.7. The lowest BCUT2D eigenvalue weighted by Gasteiger charge is -2.20. The van der Waals surface area contributed by atoms with E-state index >= 15 is 0 Å². The van der Waals surface area contributed by atoms with Crippen molar-refractivity contribution < 1.29 is 23.0 Å². The van der Waals surface area contributed by atoms with E-state index in [4.69, 9.17) is 9.47 Å². The van der Waals surface area contributed by atoms with Crippen LogP contribution < -0.4 is 14.8 Å². The third kappa shape index (κ3) is 2.89. The minimum absolute atomic E-state index is 0.247. The SMILES string of the molecule is O=C(Nc1cc2c(cc1Br)OCCO2)c1ccc(F)cc1F. The van der Waals surface area contributed by atoms with Gasteiger partial charge in [0.25, 0.3) is 5.91 Å². The number of rotatable bonds is 2. The van der Waals surface area contributed by atoms with Gasteiger partial charge in [0, 0.05) is 22.7 Å². The van der Waals surface area contributed by atoms with E-state index in [2.05, 4.69) is 21.2 Å². The quantitative estimate of drug-likeness (QED) is 0.876. The van der Waals surface area contributed by atoms with Gasteiger partial charge in [-0.05, 0) is 28.1 Å². The van der Waals surface area contributed by atoms with E-state index in [-0.39, 0.29) is 5.56 Å². The van der Waals surface area contributed by atoms with Crippen molar-refractivity contribution >= 4 is 27.5 Å². The molecular formula is C15H10BrF2NO3. The van der Waals surface area contributed by atoms with Gasteiger partial charge in [-0.25, -0.2) is 8.78 Å². The number of nitrogens with one attached hydrogen (secondary N) is 1. The first kappa shape index (κ1) is 14.8. The Kier molecular flexibility index (Phi) is 3.98. The highest BCUT2D eigenvalue weighted by molar-refractivity contribution is 9.10. The normalized spacial score (nSPS) is 12.9. The second kappa shape index (κ2) is 5.92. The Morgan fingerprint density at radius 2 is 1.77 bits per heavy atom. The average molecular weight is 370 g/mol. The Hall–Kier alpha value is -2.15. The van der Waals surface area contributed by atoms with E-state index < -0.39 is 17.5 Å². The number of hydrogen-bond acceptors (Lipinski definition) is 3. The highest BCUT2D eigenvalue weighted by Crippen LogP contribution is 2.38. The van der Waals surface area contributed by atoms with Crippen molar-refractivity contribution in [2.24, 2.45) is 0 Å². The Bertz CT molecular complexity index is 752. The van der Waals surface area contributed by atoms with Crippen LogP contribution in [0.2, 0.25) is 0 Å². The molecule has 0 unspecified atom stereocenters. The van der Waals surface area contributed by atoms with E-state index in [1.807, 2.05) is 0 Å². The maximum absolute atomic E-state index is 13.6. The molecule has 3 rings (SSSR count). The molecule has 0 bridgehead atoms. The van der Waals surface area contributed by atoms with Crippen LogP contribution in [0.25, 0.3) is 0 Å². The molecule has 1 N–H and O–H groups in total. The fourth-order valence-corrected chi connectivity index (χ4v) is 2.44. The number of hydrogen-bond donors (Lipinski definition) is 1. The van der Waals surface area contributed by atoms with Gasteiger partial charge in [0.05, 0.1) is 11.3 Å². The summed E-state index contributed by atoms with van der Waals surface area (Å²) in [5.41, 5.74) is 0.154. The predicted molar refractivity (Wildman–Crippen MR) is 79.4 cm³/mol. The van der Waals surface area contributed by atoms with Gasteiger partial charge in [0.1, 0.15) is 24.8 Å². The zero-order valence-electron chi connectivity index (χ0n) is 11.2. The minimum Gasteiger partial charge on any atom is -0.486 e. The summed E-state index contributed by atoms with van der Waals surface area (Å²) in [5.74, 6) is -1.30. The molecule has 0 radical (unpaired) electrons. The van der Waals surface area contributed by atoms with Crippen LogP contribution in [0.1, 0.15) is 10.4 Å². The topological polar surface area (TPSA) is 47.6 Å². The summed E-state index contributed by atoms with van der Waals surface area (Å²) in [6.45, 7) is 0.862. The molecule has 0 saturated heterocycles. The number of fused-ring (bicyclic) bond motifs is 1. The Balaban J connectivity index is 1.87. The number of carbonyl (C=O) groups excluding carboxylic acids is 1. The molecule has 1 amide bonds. The van der Waals surface area contributed by atoms with Crippen LogP contribution in [0.3, 0.4) is 0 Å². The van der Waals surface area contributed by atoms with Crippen molar-refractivity contribution in [3.8, 4) is 11.5 Å². The molecule has 0 atom stereocenters. The molecule has 1 aliphatic rings. The number of benzene rings is 2. The summed E-state index contributed by atoms with van der Waals surface area (Å²) in [6, 6.07) is 6.01. The number of carbonyl (C=O) groups is 1. The molecule has 114 valence electrons. The van der Waals surface area contributed by atoms with Crippen LogP contribution in [-0.2, 0) is 0 Å². The molecular weight excluding hydrogens is 360 g/mol. The van der Waals surface area contributed by atoms with E-state index in [1.54, 1.807) is 12.1 Å². The van der Waals surface area contributed by atoms with Gasteiger partial charge >= 0.3 is 0 Å². The van der Waals surface area contributed by atoms with Crippen LogP contribution in [0, 0.1) is 11.6 Å². The molecule has 1 aliphatic heterocycles. The molecule has 1 heterocycles. The number of halogens is 3.